The van der Waals surface area contributed by atoms with E-state index >= 15 is 0 Å². The van der Waals surface area contributed by atoms with Crippen LogP contribution in [0.4, 0.5) is 13.2 Å². The fraction of sp³-hybridized carbons (Fsp3) is 0.250. The van der Waals surface area contributed by atoms with E-state index in [-0.39, 0.29) is 22.7 Å². The SMILES string of the molecule is CCOC(=O)c1cc2ccnc(Cl)c2nc1C(F)(F)F. The van der Waals surface area contributed by atoms with Crippen molar-refractivity contribution in [2.75, 3.05) is 6.61 Å². The van der Waals surface area contributed by atoms with Crippen molar-refractivity contribution in [3.63, 3.8) is 0 Å². The lowest BCUT2D eigenvalue weighted by Crippen LogP contribution is -2.17. The molecule has 2 heterocycles. The molecule has 2 aromatic rings. The van der Waals surface area contributed by atoms with Gasteiger partial charge >= 0.3 is 12.1 Å². The predicted octanol–water partition coefficient (Wildman–Crippen LogP) is 3.48. The quantitative estimate of drug-likeness (QED) is 0.629. The minimum absolute atomic E-state index is 0.0364. The lowest BCUT2D eigenvalue weighted by molar-refractivity contribution is -0.141. The van der Waals surface area contributed by atoms with Crippen LogP contribution < -0.4 is 0 Å². The van der Waals surface area contributed by atoms with Gasteiger partial charge in [0.15, 0.2) is 10.8 Å². The smallest absolute Gasteiger partial charge is 0.434 e. The van der Waals surface area contributed by atoms with Gasteiger partial charge in [0, 0.05) is 11.6 Å². The van der Waals surface area contributed by atoms with E-state index in [9.17, 15) is 18.0 Å². The lowest BCUT2D eigenvalue weighted by atomic mass is 10.1. The first-order chi connectivity index (χ1) is 9.34. The number of hydrogen-bond acceptors (Lipinski definition) is 4. The summed E-state index contributed by atoms with van der Waals surface area (Å²) in [7, 11) is 0. The molecule has 0 radical (unpaired) electrons. The monoisotopic (exact) mass is 304 g/mol. The van der Waals surface area contributed by atoms with Crippen LogP contribution >= 0.6 is 11.6 Å². The molecule has 0 atom stereocenters. The Hall–Kier alpha value is -1.89. The molecule has 20 heavy (non-hydrogen) atoms. The molecule has 0 aliphatic rings. The predicted molar refractivity (Wildman–Crippen MR) is 65.5 cm³/mol. The van der Waals surface area contributed by atoms with Gasteiger partial charge in [0.25, 0.3) is 0 Å². The Morgan fingerprint density at radius 1 is 1.45 bits per heavy atom. The molecule has 0 bridgehead atoms. The normalized spacial score (nSPS) is 11.7. The molecule has 0 aliphatic carbocycles. The van der Waals surface area contributed by atoms with Crippen molar-refractivity contribution < 1.29 is 22.7 Å². The number of aromatic nitrogens is 2. The summed E-state index contributed by atoms with van der Waals surface area (Å²) in [4.78, 5) is 18.7. The maximum absolute atomic E-state index is 13.0. The summed E-state index contributed by atoms with van der Waals surface area (Å²) in [6, 6.07) is 2.47. The first-order valence-corrected chi connectivity index (χ1v) is 5.92. The summed E-state index contributed by atoms with van der Waals surface area (Å²) in [6.07, 6.45) is -3.48. The highest BCUT2D eigenvalue weighted by Gasteiger charge is 2.38. The van der Waals surface area contributed by atoms with Gasteiger partial charge in [0.05, 0.1) is 12.2 Å². The molecular weight excluding hydrogens is 297 g/mol. The van der Waals surface area contributed by atoms with Crippen molar-refractivity contribution in [3.8, 4) is 0 Å². The third-order valence-corrected chi connectivity index (χ3v) is 2.73. The number of nitrogens with zero attached hydrogens (tertiary/aromatic N) is 2. The average Bonchev–Trinajstić information content (AvgIpc) is 2.37. The number of fused-ring (bicyclic) bond motifs is 1. The summed E-state index contributed by atoms with van der Waals surface area (Å²) in [5.74, 6) is -1.08. The number of rotatable bonds is 2. The third kappa shape index (κ3) is 2.67. The van der Waals surface area contributed by atoms with Crippen molar-refractivity contribution >= 4 is 28.5 Å². The zero-order valence-electron chi connectivity index (χ0n) is 10.2. The van der Waals surface area contributed by atoms with Gasteiger partial charge < -0.3 is 4.74 Å². The lowest BCUT2D eigenvalue weighted by Gasteiger charge is -2.12. The van der Waals surface area contributed by atoms with Gasteiger partial charge in [-0.3, -0.25) is 0 Å². The van der Waals surface area contributed by atoms with Crippen LogP contribution in [-0.2, 0) is 10.9 Å². The molecular formula is C12H8ClF3N2O2. The second-order valence-corrected chi connectivity index (χ2v) is 4.13. The van der Waals surface area contributed by atoms with E-state index < -0.39 is 23.4 Å². The van der Waals surface area contributed by atoms with Crippen LogP contribution in [-0.4, -0.2) is 22.5 Å². The second-order valence-electron chi connectivity index (χ2n) is 3.78. The Morgan fingerprint density at radius 2 is 2.15 bits per heavy atom. The molecule has 4 nitrogen and oxygen atoms in total. The van der Waals surface area contributed by atoms with Crippen LogP contribution in [0.2, 0.25) is 5.15 Å². The molecule has 0 aliphatic heterocycles. The van der Waals surface area contributed by atoms with Gasteiger partial charge in [0.1, 0.15) is 5.52 Å². The molecule has 8 heteroatoms. The van der Waals surface area contributed by atoms with Crippen LogP contribution in [0, 0.1) is 0 Å². The second kappa shape index (κ2) is 5.24. The van der Waals surface area contributed by atoms with Gasteiger partial charge in [-0.25, -0.2) is 14.8 Å². The summed E-state index contributed by atoms with van der Waals surface area (Å²) in [6.45, 7) is 1.46. The third-order valence-electron chi connectivity index (χ3n) is 2.45. The highest BCUT2D eigenvalue weighted by molar-refractivity contribution is 6.33. The van der Waals surface area contributed by atoms with Gasteiger partial charge in [-0.15, -0.1) is 0 Å². The molecule has 0 aromatic carbocycles. The van der Waals surface area contributed by atoms with Crippen LogP contribution in [0.5, 0.6) is 0 Å². The zero-order chi connectivity index (χ0) is 14.9. The van der Waals surface area contributed by atoms with Crippen molar-refractivity contribution in [1.29, 1.82) is 0 Å². The van der Waals surface area contributed by atoms with Gasteiger partial charge in [0.2, 0.25) is 0 Å². The van der Waals surface area contributed by atoms with Crippen LogP contribution in [0.3, 0.4) is 0 Å². The van der Waals surface area contributed by atoms with Crippen molar-refractivity contribution in [2.45, 2.75) is 13.1 Å². The topological polar surface area (TPSA) is 52.1 Å². The fourth-order valence-electron chi connectivity index (χ4n) is 1.65. The first-order valence-electron chi connectivity index (χ1n) is 5.54. The molecule has 106 valence electrons. The van der Waals surface area contributed by atoms with E-state index in [1.165, 1.54) is 19.2 Å². The van der Waals surface area contributed by atoms with Crippen LogP contribution in [0.15, 0.2) is 18.3 Å². The van der Waals surface area contributed by atoms with E-state index in [0.29, 0.717) is 0 Å². The van der Waals surface area contributed by atoms with Crippen LogP contribution in [0.1, 0.15) is 23.0 Å². The summed E-state index contributed by atoms with van der Waals surface area (Å²) in [5, 5.41) is 0.115. The van der Waals surface area contributed by atoms with E-state index in [1.54, 1.807) is 0 Å². The maximum atomic E-state index is 13.0. The zero-order valence-corrected chi connectivity index (χ0v) is 10.9. The highest BCUT2D eigenvalue weighted by atomic mass is 35.5. The molecule has 2 rings (SSSR count). The van der Waals surface area contributed by atoms with Crippen molar-refractivity contribution in [3.05, 3.63) is 34.7 Å². The summed E-state index contributed by atoms with van der Waals surface area (Å²) in [5.41, 5.74) is -2.10. The Morgan fingerprint density at radius 3 is 2.75 bits per heavy atom. The molecule has 0 saturated carbocycles. The molecule has 2 aromatic heterocycles. The van der Waals surface area contributed by atoms with Gasteiger partial charge in [-0.1, -0.05) is 11.6 Å². The minimum atomic E-state index is -4.80. The van der Waals surface area contributed by atoms with Gasteiger partial charge in [-0.05, 0) is 19.1 Å². The van der Waals surface area contributed by atoms with Crippen molar-refractivity contribution in [1.82, 2.24) is 9.97 Å². The molecule has 0 saturated heterocycles. The maximum Gasteiger partial charge on any atom is 0.434 e. The largest absolute Gasteiger partial charge is 0.462 e. The number of ether oxygens (including phenoxy) is 1. The Labute approximate surface area is 116 Å². The van der Waals surface area contributed by atoms with E-state index in [1.807, 2.05) is 0 Å². The van der Waals surface area contributed by atoms with E-state index in [2.05, 4.69) is 14.7 Å². The summed E-state index contributed by atoms with van der Waals surface area (Å²) < 4.78 is 43.5. The standard InChI is InChI=1S/C12H8ClF3N2O2/c1-2-20-11(19)7-5-6-3-4-17-10(13)8(6)18-9(7)12(14,15)16/h3-5H,2H2,1H3. The number of carbonyl (C=O) groups excluding carboxylic acids is 1. The number of esters is 1. The molecule has 0 unspecified atom stereocenters. The molecule has 0 fully saturated rings. The van der Waals surface area contributed by atoms with Crippen LogP contribution in [0.25, 0.3) is 10.9 Å². The number of carbonyl (C=O) groups is 1. The Bertz CT molecular complexity index is 674. The number of hydrogen-bond donors (Lipinski definition) is 0. The van der Waals surface area contributed by atoms with E-state index in [0.717, 1.165) is 6.07 Å². The number of halogens is 4. The van der Waals surface area contributed by atoms with E-state index in [4.69, 9.17) is 11.6 Å². The van der Waals surface area contributed by atoms with Gasteiger partial charge in [-0.2, -0.15) is 13.2 Å². The van der Waals surface area contributed by atoms with Crippen molar-refractivity contribution in [2.24, 2.45) is 0 Å². The molecule has 0 N–H and O–H groups in total. The number of pyridine rings is 2. The minimum Gasteiger partial charge on any atom is -0.462 e. The summed E-state index contributed by atoms with van der Waals surface area (Å²) >= 11 is 5.72. The highest BCUT2D eigenvalue weighted by Crippen LogP contribution is 2.33. The fourth-order valence-corrected chi connectivity index (χ4v) is 1.85. The number of alkyl halides is 3. The first kappa shape index (κ1) is 14.5. The Balaban J connectivity index is 2.74. The average molecular weight is 305 g/mol. The molecule has 0 amide bonds. The Kier molecular flexibility index (Phi) is 3.80. The molecule has 0 spiro atoms.